The van der Waals surface area contributed by atoms with Crippen molar-refractivity contribution in [3.8, 4) is 0 Å². The molecule has 1 saturated heterocycles. The zero-order chi connectivity index (χ0) is 11.1. The van der Waals surface area contributed by atoms with E-state index in [9.17, 15) is 4.79 Å². The molecule has 0 aromatic carbocycles. The van der Waals surface area contributed by atoms with Gasteiger partial charge in [-0.05, 0) is 13.0 Å². The third-order valence-corrected chi connectivity index (χ3v) is 2.67. The number of carbonyl (C=O) groups excluding carboxylic acids is 1. The van der Waals surface area contributed by atoms with Gasteiger partial charge in [-0.15, -0.1) is 0 Å². The standard InChI is InChI=1S/C11H21N3O/c1-3-5-6-12-11(15)14-9-7-13(4-2)8-10-14/h5-6H,3-4,7-10H2,1-2H3,(H,12,15)/b6-5+. The normalized spacial score (nSPS) is 18.4. The highest BCUT2D eigenvalue weighted by Gasteiger charge is 2.18. The van der Waals surface area contributed by atoms with Gasteiger partial charge in [0.1, 0.15) is 0 Å². The fourth-order valence-corrected chi connectivity index (χ4v) is 1.61. The lowest BCUT2D eigenvalue weighted by Crippen LogP contribution is -2.50. The predicted molar refractivity (Wildman–Crippen MR) is 61.6 cm³/mol. The van der Waals surface area contributed by atoms with Crippen LogP contribution >= 0.6 is 0 Å². The van der Waals surface area contributed by atoms with Gasteiger partial charge in [-0.25, -0.2) is 4.79 Å². The molecule has 1 aliphatic heterocycles. The third kappa shape index (κ3) is 3.91. The Morgan fingerprint density at radius 1 is 1.27 bits per heavy atom. The van der Waals surface area contributed by atoms with E-state index < -0.39 is 0 Å². The second-order valence-electron chi connectivity index (χ2n) is 3.68. The van der Waals surface area contributed by atoms with E-state index in [1.54, 1.807) is 6.20 Å². The summed E-state index contributed by atoms with van der Waals surface area (Å²) < 4.78 is 0. The van der Waals surface area contributed by atoms with Crippen LogP contribution in [0.3, 0.4) is 0 Å². The Morgan fingerprint density at radius 3 is 2.47 bits per heavy atom. The molecule has 4 heteroatoms. The maximum absolute atomic E-state index is 11.6. The highest BCUT2D eigenvalue weighted by molar-refractivity contribution is 5.75. The first-order valence-electron chi connectivity index (χ1n) is 5.70. The van der Waals surface area contributed by atoms with Crippen molar-refractivity contribution in [1.29, 1.82) is 0 Å². The third-order valence-electron chi connectivity index (χ3n) is 2.67. The Bertz CT molecular complexity index is 220. The summed E-state index contributed by atoms with van der Waals surface area (Å²) >= 11 is 0. The predicted octanol–water partition coefficient (Wildman–Crippen LogP) is 1.26. The van der Waals surface area contributed by atoms with E-state index in [0.717, 1.165) is 39.1 Å². The lowest BCUT2D eigenvalue weighted by molar-refractivity contribution is 0.145. The van der Waals surface area contributed by atoms with Crippen LogP contribution in [-0.2, 0) is 0 Å². The second kappa shape index (κ2) is 6.45. The van der Waals surface area contributed by atoms with Gasteiger partial charge in [0.05, 0.1) is 0 Å². The SMILES string of the molecule is CC/C=C/NC(=O)N1CCN(CC)CC1. The molecule has 1 N–H and O–H groups in total. The number of carbonyl (C=O) groups is 1. The first-order chi connectivity index (χ1) is 7.27. The van der Waals surface area contributed by atoms with E-state index >= 15 is 0 Å². The van der Waals surface area contributed by atoms with Crippen molar-refractivity contribution in [2.24, 2.45) is 0 Å². The van der Waals surface area contributed by atoms with Gasteiger partial charge >= 0.3 is 6.03 Å². The summed E-state index contributed by atoms with van der Waals surface area (Å²) in [6.07, 6.45) is 4.62. The van der Waals surface area contributed by atoms with Crippen LogP contribution in [0.2, 0.25) is 0 Å². The number of amides is 2. The number of nitrogens with one attached hydrogen (secondary N) is 1. The molecule has 0 spiro atoms. The molecule has 0 saturated carbocycles. The van der Waals surface area contributed by atoms with Crippen molar-refractivity contribution in [2.45, 2.75) is 20.3 Å². The fourth-order valence-electron chi connectivity index (χ4n) is 1.61. The average molecular weight is 211 g/mol. The van der Waals surface area contributed by atoms with Crippen molar-refractivity contribution < 1.29 is 4.79 Å². The maximum Gasteiger partial charge on any atom is 0.321 e. The van der Waals surface area contributed by atoms with E-state index in [2.05, 4.69) is 17.1 Å². The summed E-state index contributed by atoms with van der Waals surface area (Å²) in [4.78, 5) is 15.8. The van der Waals surface area contributed by atoms with Crippen LogP contribution in [0.1, 0.15) is 20.3 Å². The minimum atomic E-state index is 0.0236. The van der Waals surface area contributed by atoms with E-state index in [4.69, 9.17) is 0 Å². The number of hydrogen-bond donors (Lipinski definition) is 1. The molecule has 86 valence electrons. The van der Waals surface area contributed by atoms with Crippen molar-refractivity contribution >= 4 is 6.03 Å². The minimum absolute atomic E-state index is 0.0236. The summed E-state index contributed by atoms with van der Waals surface area (Å²) in [5.74, 6) is 0. The number of nitrogens with zero attached hydrogens (tertiary/aromatic N) is 2. The molecule has 0 aromatic rings. The van der Waals surface area contributed by atoms with Gasteiger partial charge in [-0.2, -0.15) is 0 Å². The highest BCUT2D eigenvalue weighted by Crippen LogP contribution is 2.01. The van der Waals surface area contributed by atoms with E-state index in [-0.39, 0.29) is 6.03 Å². The van der Waals surface area contributed by atoms with Crippen LogP contribution in [0, 0.1) is 0 Å². The molecule has 0 aromatic heterocycles. The Labute approximate surface area is 91.9 Å². The quantitative estimate of drug-likeness (QED) is 0.762. The van der Waals surface area contributed by atoms with Crippen LogP contribution in [-0.4, -0.2) is 48.6 Å². The zero-order valence-electron chi connectivity index (χ0n) is 9.70. The molecule has 2 amide bonds. The van der Waals surface area contributed by atoms with Crippen LogP contribution in [0.4, 0.5) is 4.79 Å². The van der Waals surface area contributed by atoms with E-state index in [1.807, 2.05) is 17.9 Å². The first-order valence-corrected chi connectivity index (χ1v) is 5.70. The monoisotopic (exact) mass is 211 g/mol. The van der Waals surface area contributed by atoms with Gasteiger partial charge in [0.15, 0.2) is 0 Å². The molecule has 1 heterocycles. The Balaban J connectivity index is 2.27. The Hall–Kier alpha value is -1.03. The van der Waals surface area contributed by atoms with E-state index in [0.29, 0.717) is 0 Å². The van der Waals surface area contributed by atoms with Gasteiger partial charge in [-0.1, -0.05) is 19.9 Å². The summed E-state index contributed by atoms with van der Waals surface area (Å²) in [6, 6.07) is 0.0236. The van der Waals surface area contributed by atoms with Crippen LogP contribution in [0.5, 0.6) is 0 Å². The zero-order valence-corrected chi connectivity index (χ0v) is 9.70. The molecule has 0 unspecified atom stereocenters. The molecule has 0 atom stereocenters. The summed E-state index contributed by atoms with van der Waals surface area (Å²) in [5.41, 5.74) is 0. The summed E-state index contributed by atoms with van der Waals surface area (Å²) in [5, 5.41) is 2.77. The van der Waals surface area contributed by atoms with Crippen molar-refractivity contribution in [3.05, 3.63) is 12.3 Å². The number of piperazine rings is 1. The van der Waals surface area contributed by atoms with Gasteiger partial charge in [-0.3, -0.25) is 0 Å². The van der Waals surface area contributed by atoms with E-state index in [1.165, 1.54) is 0 Å². The average Bonchev–Trinajstić information content (AvgIpc) is 2.29. The molecule has 0 aliphatic carbocycles. The Morgan fingerprint density at radius 2 is 1.93 bits per heavy atom. The molecule has 1 aliphatic rings. The van der Waals surface area contributed by atoms with Crippen molar-refractivity contribution in [1.82, 2.24) is 15.1 Å². The topological polar surface area (TPSA) is 35.6 Å². The number of allylic oxidation sites excluding steroid dienone is 1. The largest absolute Gasteiger partial charge is 0.322 e. The number of likely N-dealkylation sites (N-methyl/N-ethyl adjacent to an activating group) is 1. The second-order valence-corrected chi connectivity index (χ2v) is 3.68. The molecule has 1 rings (SSSR count). The van der Waals surface area contributed by atoms with Crippen molar-refractivity contribution in [2.75, 3.05) is 32.7 Å². The van der Waals surface area contributed by atoms with Gasteiger partial charge < -0.3 is 15.1 Å². The lowest BCUT2D eigenvalue weighted by atomic mass is 10.3. The minimum Gasteiger partial charge on any atom is -0.322 e. The molecule has 0 radical (unpaired) electrons. The van der Waals surface area contributed by atoms with Crippen LogP contribution in [0.15, 0.2) is 12.3 Å². The van der Waals surface area contributed by atoms with Crippen molar-refractivity contribution in [3.63, 3.8) is 0 Å². The molecule has 1 fully saturated rings. The summed E-state index contributed by atoms with van der Waals surface area (Å²) in [7, 11) is 0. The Kier molecular flexibility index (Phi) is 5.18. The molecular weight excluding hydrogens is 190 g/mol. The number of rotatable bonds is 3. The smallest absolute Gasteiger partial charge is 0.321 e. The van der Waals surface area contributed by atoms with Crippen LogP contribution < -0.4 is 5.32 Å². The molecule has 15 heavy (non-hydrogen) atoms. The van der Waals surface area contributed by atoms with Crippen LogP contribution in [0.25, 0.3) is 0 Å². The number of urea groups is 1. The molecule has 0 bridgehead atoms. The van der Waals surface area contributed by atoms with Gasteiger partial charge in [0.2, 0.25) is 0 Å². The molecular formula is C11H21N3O. The maximum atomic E-state index is 11.6. The fraction of sp³-hybridized carbons (Fsp3) is 0.727. The summed E-state index contributed by atoms with van der Waals surface area (Å²) in [6.45, 7) is 8.91. The first kappa shape index (κ1) is 12.0. The lowest BCUT2D eigenvalue weighted by Gasteiger charge is -2.33. The number of hydrogen-bond acceptors (Lipinski definition) is 2. The highest BCUT2D eigenvalue weighted by atomic mass is 16.2. The van der Waals surface area contributed by atoms with Gasteiger partial charge in [0, 0.05) is 32.4 Å². The van der Waals surface area contributed by atoms with Gasteiger partial charge in [0.25, 0.3) is 0 Å². The molecule has 4 nitrogen and oxygen atoms in total.